The van der Waals surface area contributed by atoms with Crippen molar-refractivity contribution in [1.29, 1.82) is 0 Å². The Balaban J connectivity index is 2.37. The van der Waals surface area contributed by atoms with Gasteiger partial charge in [0.2, 0.25) is 0 Å². The highest BCUT2D eigenvalue weighted by molar-refractivity contribution is 9.10. The average molecular weight is 324 g/mol. The van der Waals surface area contributed by atoms with Gasteiger partial charge in [-0.1, -0.05) is 11.6 Å². The first kappa shape index (κ1) is 11.5. The summed E-state index contributed by atoms with van der Waals surface area (Å²) in [5.74, 6) is 0. The summed E-state index contributed by atoms with van der Waals surface area (Å²) in [6.07, 6.45) is 0. The van der Waals surface area contributed by atoms with Crippen molar-refractivity contribution in [3.05, 3.63) is 25.9 Å². The average Bonchev–Trinajstić information content (AvgIpc) is 2.74. The Morgan fingerprint density at radius 1 is 1.60 bits per heavy atom. The van der Waals surface area contributed by atoms with Crippen LogP contribution < -0.4 is 5.73 Å². The molecule has 0 amide bonds. The summed E-state index contributed by atoms with van der Waals surface area (Å²) in [5.41, 5.74) is 6.68. The molecule has 2 aromatic heterocycles. The fourth-order valence-electron chi connectivity index (χ4n) is 1.06. The van der Waals surface area contributed by atoms with Crippen LogP contribution in [0.4, 0.5) is 0 Å². The Labute approximate surface area is 109 Å². The molecule has 1 atom stereocenters. The Morgan fingerprint density at radius 2 is 2.33 bits per heavy atom. The zero-order valence-corrected chi connectivity index (χ0v) is 11.8. The van der Waals surface area contributed by atoms with Gasteiger partial charge in [-0.05, 0) is 28.9 Å². The lowest BCUT2D eigenvalue weighted by Gasteiger charge is -1.96. The van der Waals surface area contributed by atoms with Crippen LogP contribution >= 0.6 is 50.2 Å². The summed E-state index contributed by atoms with van der Waals surface area (Å²) < 4.78 is 1.67. The number of halogens is 2. The van der Waals surface area contributed by atoms with Gasteiger partial charge < -0.3 is 5.73 Å². The standard InChI is InChI=1S/C9H8BrClN2S2/c1-4(12)6-3-14-9(13-6)7-2-5(10)8(11)15-7/h2-4H,12H2,1H3. The van der Waals surface area contributed by atoms with Crippen molar-refractivity contribution in [2.45, 2.75) is 13.0 Å². The third-order valence-corrected chi connectivity index (χ3v) is 5.35. The number of nitrogens with two attached hydrogens (primary N) is 1. The highest BCUT2D eigenvalue weighted by Crippen LogP contribution is 2.39. The number of thiophene rings is 1. The molecule has 2 rings (SSSR count). The van der Waals surface area contributed by atoms with Crippen molar-refractivity contribution in [2.24, 2.45) is 5.73 Å². The second-order valence-corrected chi connectivity index (χ2v) is 6.47. The molecule has 0 spiro atoms. The number of nitrogens with zero attached hydrogens (tertiary/aromatic N) is 1. The molecule has 0 aliphatic carbocycles. The van der Waals surface area contributed by atoms with E-state index in [9.17, 15) is 0 Å². The largest absolute Gasteiger partial charge is 0.323 e. The minimum atomic E-state index is -0.0196. The van der Waals surface area contributed by atoms with Crippen LogP contribution in [0.5, 0.6) is 0 Å². The van der Waals surface area contributed by atoms with E-state index < -0.39 is 0 Å². The zero-order valence-electron chi connectivity index (χ0n) is 7.83. The molecule has 0 saturated heterocycles. The Bertz CT molecular complexity index is 459. The minimum Gasteiger partial charge on any atom is -0.323 e. The lowest BCUT2D eigenvalue weighted by molar-refractivity contribution is 0.790. The second-order valence-electron chi connectivity index (χ2n) is 3.10. The maximum absolute atomic E-state index is 5.97. The van der Waals surface area contributed by atoms with Gasteiger partial charge in [-0.3, -0.25) is 0 Å². The SMILES string of the molecule is CC(N)c1csc(-c2cc(Br)c(Cl)s2)n1. The van der Waals surface area contributed by atoms with Crippen molar-refractivity contribution in [1.82, 2.24) is 4.98 Å². The van der Waals surface area contributed by atoms with E-state index >= 15 is 0 Å². The van der Waals surface area contributed by atoms with Crippen molar-refractivity contribution in [3.63, 3.8) is 0 Å². The summed E-state index contributed by atoms with van der Waals surface area (Å²) in [5, 5.41) is 2.96. The number of hydrogen-bond donors (Lipinski definition) is 1. The van der Waals surface area contributed by atoms with E-state index in [2.05, 4.69) is 20.9 Å². The molecule has 0 aliphatic rings. The number of hydrogen-bond acceptors (Lipinski definition) is 4. The van der Waals surface area contributed by atoms with Crippen LogP contribution in [0.2, 0.25) is 4.34 Å². The van der Waals surface area contributed by atoms with Gasteiger partial charge >= 0.3 is 0 Å². The molecule has 0 bridgehead atoms. The van der Waals surface area contributed by atoms with Crippen LogP contribution in [0.1, 0.15) is 18.7 Å². The third kappa shape index (κ3) is 2.42. The van der Waals surface area contributed by atoms with Crippen molar-refractivity contribution < 1.29 is 0 Å². The molecular formula is C9H8BrClN2S2. The van der Waals surface area contributed by atoms with E-state index in [1.54, 1.807) is 11.3 Å². The predicted molar refractivity (Wildman–Crippen MR) is 70.7 cm³/mol. The molecule has 1 unspecified atom stereocenters. The van der Waals surface area contributed by atoms with Crippen LogP contribution in [-0.4, -0.2) is 4.98 Å². The van der Waals surface area contributed by atoms with E-state index in [0.29, 0.717) is 0 Å². The molecule has 2 nitrogen and oxygen atoms in total. The Kier molecular flexibility index (Phi) is 3.47. The summed E-state index contributed by atoms with van der Waals surface area (Å²) in [7, 11) is 0. The lowest BCUT2D eigenvalue weighted by atomic mass is 10.3. The van der Waals surface area contributed by atoms with Gasteiger partial charge in [-0.2, -0.15) is 0 Å². The van der Waals surface area contributed by atoms with Gasteiger partial charge in [0.1, 0.15) is 9.34 Å². The molecule has 0 saturated carbocycles. The smallest absolute Gasteiger partial charge is 0.133 e. The van der Waals surface area contributed by atoms with Crippen LogP contribution in [0.3, 0.4) is 0 Å². The summed E-state index contributed by atoms with van der Waals surface area (Å²) in [6, 6.07) is 1.96. The highest BCUT2D eigenvalue weighted by atomic mass is 79.9. The summed E-state index contributed by atoms with van der Waals surface area (Å²) in [4.78, 5) is 5.53. The zero-order chi connectivity index (χ0) is 11.0. The van der Waals surface area contributed by atoms with Crippen molar-refractivity contribution >= 4 is 50.2 Å². The lowest BCUT2D eigenvalue weighted by Crippen LogP contribution is -2.04. The monoisotopic (exact) mass is 322 g/mol. The summed E-state index contributed by atoms with van der Waals surface area (Å²) >= 11 is 12.5. The molecule has 0 aliphatic heterocycles. The number of aromatic nitrogens is 1. The minimum absolute atomic E-state index is 0.0196. The molecular weight excluding hydrogens is 316 g/mol. The van der Waals surface area contributed by atoms with E-state index in [-0.39, 0.29) is 6.04 Å². The molecule has 2 heterocycles. The van der Waals surface area contributed by atoms with E-state index in [4.69, 9.17) is 17.3 Å². The molecule has 15 heavy (non-hydrogen) atoms. The highest BCUT2D eigenvalue weighted by Gasteiger charge is 2.11. The topological polar surface area (TPSA) is 38.9 Å². The fourth-order valence-corrected chi connectivity index (χ4v) is 3.75. The first-order chi connectivity index (χ1) is 7.08. The second kappa shape index (κ2) is 4.51. The van der Waals surface area contributed by atoms with Crippen molar-refractivity contribution in [2.75, 3.05) is 0 Å². The molecule has 0 fully saturated rings. The van der Waals surface area contributed by atoms with Crippen LogP contribution in [0, 0.1) is 0 Å². The molecule has 0 aromatic carbocycles. The summed E-state index contributed by atoms with van der Waals surface area (Å²) in [6.45, 7) is 1.93. The quantitative estimate of drug-likeness (QED) is 0.894. The third-order valence-electron chi connectivity index (χ3n) is 1.84. The van der Waals surface area contributed by atoms with Gasteiger partial charge in [0.05, 0.1) is 10.6 Å². The number of rotatable bonds is 2. The molecule has 6 heteroatoms. The Morgan fingerprint density at radius 3 is 2.80 bits per heavy atom. The van der Waals surface area contributed by atoms with E-state index in [1.807, 2.05) is 18.4 Å². The molecule has 2 aromatic rings. The van der Waals surface area contributed by atoms with Crippen LogP contribution in [0.15, 0.2) is 15.9 Å². The maximum Gasteiger partial charge on any atom is 0.133 e. The maximum atomic E-state index is 5.97. The van der Waals surface area contributed by atoms with E-state index in [1.165, 1.54) is 11.3 Å². The normalized spacial score (nSPS) is 13.1. The fraction of sp³-hybridized carbons (Fsp3) is 0.222. The van der Waals surface area contributed by atoms with Gasteiger partial charge in [0.25, 0.3) is 0 Å². The van der Waals surface area contributed by atoms with Gasteiger partial charge in [-0.25, -0.2) is 4.98 Å². The first-order valence-corrected chi connectivity index (χ1v) is 7.11. The predicted octanol–water partition coefficient (Wildman–Crippen LogP) is 4.31. The molecule has 2 N–H and O–H groups in total. The van der Waals surface area contributed by atoms with Crippen LogP contribution in [0.25, 0.3) is 9.88 Å². The first-order valence-electron chi connectivity index (χ1n) is 4.24. The van der Waals surface area contributed by atoms with Crippen LogP contribution in [-0.2, 0) is 0 Å². The molecule has 80 valence electrons. The van der Waals surface area contributed by atoms with Gasteiger partial charge in [0, 0.05) is 15.9 Å². The van der Waals surface area contributed by atoms with Gasteiger partial charge in [-0.15, -0.1) is 22.7 Å². The van der Waals surface area contributed by atoms with E-state index in [0.717, 1.165) is 24.4 Å². The number of thiazole rings is 1. The molecule has 0 radical (unpaired) electrons. The van der Waals surface area contributed by atoms with Gasteiger partial charge in [0.15, 0.2) is 0 Å². The van der Waals surface area contributed by atoms with Crippen molar-refractivity contribution in [3.8, 4) is 9.88 Å². The Hall–Kier alpha value is 0.0600.